The molecule has 0 radical (unpaired) electrons. The maximum Gasteiger partial charge on any atom is 0.233 e. The van der Waals surface area contributed by atoms with E-state index in [1.165, 1.54) is 13.1 Å². The van der Waals surface area contributed by atoms with Gasteiger partial charge in [0.25, 0.3) is 0 Å². The van der Waals surface area contributed by atoms with Gasteiger partial charge in [0, 0.05) is 13.0 Å². The number of phenols is 1. The number of carbonyl (C=O) groups is 2. The second-order valence-corrected chi connectivity index (χ2v) is 8.74. The lowest BCUT2D eigenvalue weighted by Crippen LogP contribution is -2.39. The van der Waals surface area contributed by atoms with Gasteiger partial charge >= 0.3 is 0 Å². The molecule has 4 atom stereocenters. The lowest BCUT2D eigenvalue weighted by molar-refractivity contribution is -0.138. The van der Waals surface area contributed by atoms with Crippen LogP contribution in [0, 0.1) is 17.8 Å². The number of amides is 2. The molecule has 1 aliphatic heterocycles. The highest BCUT2D eigenvalue weighted by molar-refractivity contribution is 6.32. The van der Waals surface area contributed by atoms with E-state index in [2.05, 4.69) is 0 Å². The predicted molar refractivity (Wildman–Crippen MR) is 116 cm³/mol. The number of rotatable bonds is 7. The van der Waals surface area contributed by atoms with Crippen molar-refractivity contribution in [3.63, 3.8) is 0 Å². The molecule has 1 fully saturated rings. The average molecular weight is 450 g/mol. The lowest BCUT2D eigenvalue weighted by atomic mass is 9.68. The Morgan fingerprint density at radius 1 is 1.29 bits per heavy atom. The molecule has 0 unspecified atom stereocenters. The molecule has 8 heteroatoms. The minimum absolute atomic E-state index is 0.0786. The number of allylic oxidation sites excluding steroid dienone is 1. The highest BCUT2D eigenvalue weighted by atomic mass is 35.5. The molecule has 2 aliphatic rings. The Labute approximate surface area is 186 Å². The molecule has 0 bridgehead atoms. The topological polar surface area (TPSA) is 118 Å². The Kier molecular flexibility index (Phi) is 7.21. The van der Waals surface area contributed by atoms with E-state index in [1.54, 1.807) is 12.1 Å². The van der Waals surface area contributed by atoms with Gasteiger partial charge in [0.05, 0.1) is 36.2 Å². The van der Waals surface area contributed by atoms with Crippen LogP contribution >= 0.6 is 11.6 Å². The maximum atomic E-state index is 12.6. The summed E-state index contributed by atoms with van der Waals surface area (Å²) in [7, 11) is 1.43. The van der Waals surface area contributed by atoms with Crippen molar-refractivity contribution >= 4 is 29.5 Å². The van der Waals surface area contributed by atoms with E-state index in [9.17, 15) is 30.0 Å². The van der Waals surface area contributed by atoms with Gasteiger partial charge in [-0.1, -0.05) is 23.3 Å². The molecule has 31 heavy (non-hydrogen) atoms. The highest BCUT2D eigenvalue weighted by Crippen LogP contribution is 2.45. The van der Waals surface area contributed by atoms with Crippen molar-refractivity contribution in [1.29, 1.82) is 0 Å². The largest absolute Gasteiger partial charge is 0.508 e. The van der Waals surface area contributed by atoms with Crippen molar-refractivity contribution in [2.24, 2.45) is 17.8 Å². The molecule has 4 N–H and O–H groups in total. The third-order valence-electron chi connectivity index (χ3n) is 6.35. The van der Waals surface area contributed by atoms with E-state index in [1.807, 2.05) is 13.0 Å². The summed E-state index contributed by atoms with van der Waals surface area (Å²) in [5.41, 5.74) is 2.68. The summed E-state index contributed by atoms with van der Waals surface area (Å²) in [6.07, 6.45) is 1.94. The number of halogens is 1. The van der Waals surface area contributed by atoms with Crippen molar-refractivity contribution in [2.45, 2.75) is 32.3 Å². The van der Waals surface area contributed by atoms with Gasteiger partial charge in [-0.15, -0.1) is 0 Å². The van der Waals surface area contributed by atoms with E-state index in [-0.39, 0.29) is 37.2 Å². The first-order valence-electron chi connectivity index (χ1n) is 10.3. The second kappa shape index (κ2) is 9.53. The van der Waals surface area contributed by atoms with E-state index in [0.717, 1.165) is 16.0 Å². The molecular weight excluding hydrogens is 422 g/mol. The summed E-state index contributed by atoms with van der Waals surface area (Å²) in [6.45, 7) is 1.17. The number of nitrogens with zero attached hydrogens (tertiary/aromatic N) is 1. The standard InChI is InChI=1S/C23H28ClNO6/c1-12(7-13-4-5-15(28)9-18(13)24)3-6-19(29)20-14(10-26)8-16-21(17(20)11-27)23(31)25(2)22(16)30/h4-5,7,9,16-17,19,21,26-29H,3,6,8,10-11H2,1-2H3/b12-7+/t16-,17+,19-,21-/m1/s1. The number of likely N-dealkylation sites (tertiary alicyclic amines) is 1. The molecule has 0 spiro atoms. The fourth-order valence-corrected chi connectivity index (χ4v) is 4.98. The van der Waals surface area contributed by atoms with E-state index >= 15 is 0 Å². The Morgan fingerprint density at radius 3 is 2.61 bits per heavy atom. The van der Waals surface area contributed by atoms with Gasteiger partial charge < -0.3 is 20.4 Å². The second-order valence-electron chi connectivity index (χ2n) is 8.33. The van der Waals surface area contributed by atoms with Crippen molar-refractivity contribution < 1.29 is 30.0 Å². The molecule has 3 rings (SSSR count). The smallest absolute Gasteiger partial charge is 0.233 e. The molecule has 1 heterocycles. The van der Waals surface area contributed by atoms with Gasteiger partial charge in [0.15, 0.2) is 0 Å². The van der Waals surface area contributed by atoms with Gasteiger partial charge in [-0.25, -0.2) is 0 Å². The predicted octanol–water partition coefficient (Wildman–Crippen LogP) is 2.12. The Bertz CT molecular complexity index is 940. The van der Waals surface area contributed by atoms with Crippen LogP contribution in [0.5, 0.6) is 5.75 Å². The summed E-state index contributed by atoms with van der Waals surface area (Å²) in [5.74, 6) is -2.60. The third-order valence-corrected chi connectivity index (χ3v) is 6.68. The summed E-state index contributed by atoms with van der Waals surface area (Å²) in [5, 5.41) is 40.7. The third kappa shape index (κ3) is 4.55. The molecule has 1 aromatic rings. The van der Waals surface area contributed by atoms with Gasteiger partial charge in [-0.2, -0.15) is 0 Å². The van der Waals surface area contributed by atoms with Crippen LogP contribution in [0.1, 0.15) is 31.7 Å². The molecular formula is C23H28ClNO6. The average Bonchev–Trinajstić information content (AvgIpc) is 2.96. The van der Waals surface area contributed by atoms with Crippen LogP contribution in [0.15, 0.2) is 34.9 Å². The number of hydrogen-bond donors (Lipinski definition) is 4. The number of carbonyl (C=O) groups excluding carboxylic acids is 2. The number of aliphatic hydroxyl groups is 3. The zero-order valence-corrected chi connectivity index (χ0v) is 18.3. The molecule has 1 aromatic carbocycles. The van der Waals surface area contributed by atoms with Crippen molar-refractivity contribution in [3.05, 3.63) is 45.5 Å². The molecule has 0 saturated carbocycles. The van der Waals surface area contributed by atoms with Crippen molar-refractivity contribution in [1.82, 2.24) is 4.90 Å². The number of imide groups is 1. The number of aliphatic hydroxyl groups excluding tert-OH is 3. The number of fused-ring (bicyclic) bond motifs is 1. The number of benzene rings is 1. The first-order valence-corrected chi connectivity index (χ1v) is 10.7. The van der Waals surface area contributed by atoms with Crippen LogP contribution in [-0.2, 0) is 9.59 Å². The number of hydrogen-bond acceptors (Lipinski definition) is 6. The molecule has 1 saturated heterocycles. The zero-order valence-electron chi connectivity index (χ0n) is 17.6. The molecule has 1 aliphatic carbocycles. The Morgan fingerprint density at radius 2 is 2.00 bits per heavy atom. The summed E-state index contributed by atoms with van der Waals surface area (Å²) in [4.78, 5) is 26.1. The van der Waals surface area contributed by atoms with Crippen LogP contribution in [0.2, 0.25) is 5.02 Å². The normalized spacial score (nSPS) is 25.3. The van der Waals surface area contributed by atoms with Crippen molar-refractivity contribution in [3.8, 4) is 5.75 Å². The fraction of sp³-hybridized carbons (Fsp3) is 0.478. The fourth-order valence-electron chi connectivity index (χ4n) is 4.75. The molecule has 7 nitrogen and oxygen atoms in total. The zero-order chi connectivity index (χ0) is 22.9. The van der Waals surface area contributed by atoms with Crippen LogP contribution in [0.25, 0.3) is 6.08 Å². The van der Waals surface area contributed by atoms with E-state index in [0.29, 0.717) is 29.0 Å². The van der Waals surface area contributed by atoms with Crippen LogP contribution in [0.4, 0.5) is 0 Å². The monoisotopic (exact) mass is 449 g/mol. The van der Waals surface area contributed by atoms with Gasteiger partial charge in [0.1, 0.15) is 5.75 Å². The lowest BCUT2D eigenvalue weighted by Gasteiger charge is -2.36. The van der Waals surface area contributed by atoms with Crippen LogP contribution in [0.3, 0.4) is 0 Å². The molecule has 168 valence electrons. The quantitative estimate of drug-likeness (QED) is 0.374. The highest BCUT2D eigenvalue weighted by Gasteiger charge is 2.53. The number of phenolic OH excluding ortho intramolecular Hbond substituents is 1. The van der Waals surface area contributed by atoms with E-state index < -0.39 is 23.9 Å². The van der Waals surface area contributed by atoms with Crippen molar-refractivity contribution in [2.75, 3.05) is 20.3 Å². The minimum atomic E-state index is -0.965. The van der Waals surface area contributed by atoms with Crippen LogP contribution in [-0.4, -0.2) is 63.5 Å². The summed E-state index contributed by atoms with van der Waals surface area (Å²) < 4.78 is 0. The maximum absolute atomic E-state index is 12.6. The molecule has 0 aromatic heterocycles. The Balaban J connectivity index is 1.79. The van der Waals surface area contributed by atoms with Gasteiger partial charge in [-0.3, -0.25) is 14.5 Å². The minimum Gasteiger partial charge on any atom is -0.508 e. The van der Waals surface area contributed by atoms with E-state index in [4.69, 9.17) is 11.6 Å². The first kappa shape index (κ1) is 23.5. The summed E-state index contributed by atoms with van der Waals surface area (Å²) in [6, 6.07) is 4.70. The van der Waals surface area contributed by atoms with Gasteiger partial charge in [0.2, 0.25) is 11.8 Å². The SMILES string of the molecule is C/C(=C\c1ccc(O)cc1Cl)CC[C@@H](O)C1=C(CO)C[C@H]2C(=O)N(C)C(=O)[C@H]2[C@H]1CO. The molecule has 2 amide bonds. The Hall–Kier alpha value is -2.19. The first-order chi connectivity index (χ1) is 14.7. The van der Waals surface area contributed by atoms with Gasteiger partial charge in [-0.05, 0) is 61.1 Å². The summed E-state index contributed by atoms with van der Waals surface area (Å²) >= 11 is 6.14. The van der Waals surface area contributed by atoms with Crippen LogP contribution < -0.4 is 0 Å². The number of aromatic hydroxyl groups is 1.